The van der Waals surface area contributed by atoms with E-state index in [1.807, 2.05) is 0 Å². The zero-order chi connectivity index (χ0) is 16.4. The lowest BCUT2D eigenvalue weighted by Gasteiger charge is -2.02. The number of hydrogen-bond donors (Lipinski definition) is 1. The summed E-state index contributed by atoms with van der Waals surface area (Å²) in [6.07, 6.45) is 3.37. The number of nitrogens with zero attached hydrogens (tertiary/aromatic N) is 1. The average Bonchev–Trinajstić information content (AvgIpc) is 3.16. The number of carbonyl (C=O) groups excluding carboxylic acids is 2. The molecule has 0 amide bonds. The minimum Gasteiger partial charge on any atom is -0.465 e. The first-order valence-corrected chi connectivity index (χ1v) is 8.39. The lowest BCUT2D eigenvalue weighted by Crippen LogP contribution is -2.11. The predicted molar refractivity (Wildman–Crippen MR) is 90.9 cm³/mol. The molecule has 1 aliphatic heterocycles. The van der Waals surface area contributed by atoms with Crippen molar-refractivity contribution in [1.82, 2.24) is 4.98 Å². The minimum absolute atomic E-state index is 0.105. The van der Waals surface area contributed by atoms with Gasteiger partial charge in [-0.25, -0.2) is 9.78 Å². The lowest BCUT2D eigenvalue weighted by atomic mass is 10.0. The van der Waals surface area contributed by atoms with Gasteiger partial charge in [0.1, 0.15) is 10.9 Å². The summed E-state index contributed by atoms with van der Waals surface area (Å²) in [6.45, 7) is 0. The van der Waals surface area contributed by atoms with Gasteiger partial charge in [0, 0.05) is 11.6 Å². The maximum Gasteiger partial charge on any atom is 0.337 e. The zero-order valence-corrected chi connectivity index (χ0v) is 13.7. The van der Waals surface area contributed by atoms with Crippen LogP contribution in [0.3, 0.4) is 0 Å². The quantitative estimate of drug-likeness (QED) is 0.682. The van der Waals surface area contributed by atoms with Crippen molar-refractivity contribution in [2.45, 2.75) is 5.92 Å². The Hall–Kier alpha value is -2.25. The van der Waals surface area contributed by atoms with Crippen LogP contribution in [-0.4, -0.2) is 28.9 Å². The normalized spacial score (nSPS) is 19.3. The van der Waals surface area contributed by atoms with Gasteiger partial charge in [-0.3, -0.25) is 10.2 Å². The van der Waals surface area contributed by atoms with Crippen LogP contribution in [-0.2, 0) is 9.53 Å². The second kappa shape index (κ2) is 6.47. The number of Topliss-reactive ketones (excluding diaryl/α,β-unsaturated/α-hetero) is 1. The topological polar surface area (TPSA) is 80.1 Å². The van der Waals surface area contributed by atoms with Gasteiger partial charge in [0.25, 0.3) is 0 Å². The Labute approximate surface area is 140 Å². The summed E-state index contributed by atoms with van der Waals surface area (Å²) in [5.74, 6) is -1.09. The largest absolute Gasteiger partial charge is 0.465 e. The molecule has 0 saturated carbocycles. The Kier molecular flexibility index (Phi) is 4.40. The maximum absolute atomic E-state index is 12.5. The summed E-state index contributed by atoms with van der Waals surface area (Å²) in [5, 5.41) is 10.8. The van der Waals surface area contributed by atoms with E-state index in [-0.39, 0.29) is 5.78 Å². The molecular formula is C16H12N2O3S2. The fourth-order valence-corrected chi connectivity index (χ4v) is 3.98. The van der Waals surface area contributed by atoms with Crippen LogP contribution in [0.15, 0.2) is 40.7 Å². The van der Waals surface area contributed by atoms with Crippen molar-refractivity contribution in [3.05, 3.63) is 56.9 Å². The Morgan fingerprint density at radius 3 is 2.70 bits per heavy atom. The van der Waals surface area contributed by atoms with E-state index in [0.29, 0.717) is 20.5 Å². The minimum atomic E-state index is -0.583. The van der Waals surface area contributed by atoms with Gasteiger partial charge >= 0.3 is 5.97 Å². The van der Waals surface area contributed by atoms with Crippen LogP contribution in [0.1, 0.15) is 26.8 Å². The highest BCUT2D eigenvalue weighted by molar-refractivity contribution is 8.19. The van der Waals surface area contributed by atoms with Crippen molar-refractivity contribution in [2.75, 3.05) is 7.11 Å². The molecule has 1 fully saturated rings. The van der Waals surface area contributed by atoms with E-state index >= 15 is 0 Å². The Morgan fingerprint density at radius 1 is 1.35 bits per heavy atom. The number of esters is 1. The molecule has 0 bridgehead atoms. The number of thioether (sulfide) groups is 1. The third-order valence-electron chi connectivity index (χ3n) is 3.32. The third-order valence-corrected chi connectivity index (χ3v) is 5.15. The number of thiazole rings is 1. The van der Waals surface area contributed by atoms with E-state index in [1.165, 1.54) is 18.4 Å². The van der Waals surface area contributed by atoms with Crippen LogP contribution >= 0.6 is 23.1 Å². The molecule has 2 heterocycles. The molecule has 2 aromatic rings. The number of ketones is 1. The molecule has 1 atom stereocenters. The average molecular weight is 344 g/mol. The molecule has 1 aromatic carbocycles. The van der Waals surface area contributed by atoms with Crippen LogP contribution in [0.25, 0.3) is 6.08 Å². The number of benzene rings is 1. The molecule has 1 aliphatic rings. The van der Waals surface area contributed by atoms with E-state index < -0.39 is 11.9 Å². The van der Waals surface area contributed by atoms with Crippen LogP contribution < -0.4 is 0 Å². The molecule has 7 heteroatoms. The molecule has 1 saturated heterocycles. The standard InChI is InChI=1S/C16H12N2O3S2/c1-21-16(20)10-4-2-9(3-5-10)8-11-13(19)12(14(17)23-11)15-18-6-7-22-15/h2-8,12,17H,1H3. The molecule has 1 unspecified atom stereocenters. The highest BCUT2D eigenvalue weighted by Crippen LogP contribution is 2.41. The van der Waals surface area contributed by atoms with Crippen LogP contribution in [0.5, 0.6) is 0 Å². The molecule has 1 N–H and O–H groups in total. The highest BCUT2D eigenvalue weighted by atomic mass is 32.2. The lowest BCUT2D eigenvalue weighted by molar-refractivity contribution is -0.114. The van der Waals surface area contributed by atoms with Crippen molar-refractivity contribution in [3.8, 4) is 0 Å². The SMILES string of the molecule is COC(=O)c1ccc(C=C2SC(=N)C(c3nccs3)C2=O)cc1. The van der Waals surface area contributed by atoms with Crippen LogP contribution in [0, 0.1) is 5.41 Å². The smallest absolute Gasteiger partial charge is 0.337 e. The van der Waals surface area contributed by atoms with Crippen molar-refractivity contribution in [1.29, 1.82) is 5.41 Å². The van der Waals surface area contributed by atoms with Gasteiger partial charge in [0.2, 0.25) is 0 Å². The number of rotatable bonds is 3. The molecular weight excluding hydrogens is 332 g/mol. The molecule has 5 nitrogen and oxygen atoms in total. The molecule has 116 valence electrons. The fraction of sp³-hybridized carbons (Fsp3) is 0.125. The van der Waals surface area contributed by atoms with E-state index in [1.54, 1.807) is 41.9 Å². The summed E-state index contributed by atoms with van der Waals surface area (Å²) in [4.78, 5) is 28.6. The number of methoxy groups -OCH3 is 1. The summed E-state index contributed by atoms with van der Waals surface area (Å²) in [6, 6.07) is 6.78. The van der Waals surface area contributed by atoms with E-state index in [2.05, 4.69) is 9.72 Å². The van der Waals surface area contributed by atoms with E-state index in [0.717, 1.165) is 17.3 Å². The summed E-state index contributed by atoms with van der Waals surface area (Å²) < 4.78 is 4.65. The van der Waals surface area contributed by atoms with Gasteiger partial charge in [-0.1, -0.05) is 23.9 Å². The zero-order valence-electron chi connectivity index (χ0n) is 12.1. The van der Waals surface area contributed by atoms with Crippen molar-refractivity contribution in [2.24, 2.45) is 0 Å². The van der Waals surface area contributed by atoms with Gasteiger partial charge in [0.15, 0.2) is 5.78 Å². The summed E-state index contributed by atoms with van der Waals surface area (Å²) in [5.41, 5.74) is 1.24. The predicted octanol–water partition coefficient (Wildman–Crippen LogP) is 3.35. The molecule has 0 radical (unpaired) electrons. The first-order chi connectivity index (χ1) is 11.1. The Balaban J connectivity index is 1.84. The second-order valence-electron chi connectivity index (χ2n) is 4.76. The number of nitrogens with one attached hydrogen (secondary N) is 1. The molecule has 0 aliphatic carbocycles. The highest BCUT2D eigenvalue weighted by Gasteiger charge is 2.38. The molecule has 3 rings (SSSR count). The van der Waals surface area contributed by atoms with Crippen molar-refractivity contribution < 1.29 is 14.3 Å². The van der Waals surface area contributed by atoms with Gasteiger partial charge in [-0.15, -0.1) is 11.3 Å². The molecule has 23 heavy (non-hydrogen) atoms. The fourth-order valence-electron chi connectivity index (χ4n) is 2.18. The second-order valence-corrected chi connectivity index (χ2v) is 6.77. The number of allylic oxidation sites excluding steroid dienone is 1. The third kappa shape index (κ3) is 3.11. The van der Waals surface area contributed by atoms with Gasteiger partial charge in [-0.2, -0.15) is 0 Å². The Bertz CT molecular complexity index is 795. The number of carbonyl (C=O) groups is 2. The van der Waals surface area contributed by atoms with Crippen LogP contribution in [0.2, 0.25) is 0 Å². The maximum atomic E-state index is 12.5. The number of hydrogen-bond acceptors (Lipinski definition) is 7. The van der Waals surface area contributed by atoms with Gasteiger partial charge in [-0.05, 0) is 23.8 Å². The summed E-state index contributed by atoms with van der Waals surface area (Å²) in [7, 11) is 1.33. The van der Waals surface area contributed by atoms with E-state index in [4.69, 9.17) is 5.41 Å². The van der Waals surface area contributed by atoms with Gasteiger partial charge < -0.3 is 4.74 Å². The van der Waals surface area contributed by atoms with Crippen molar-refractivity contribution >= 4 is 46.0 Å². The first kappa shape index (κ1) is 15.6. The molecule has 0 spiro atoms. The van der Waals surface area contributed by atoms with Gasteiger partial charge in [0.05, 0.1) is 22.6 Å². The van der Waals surface area contributed by atoms with Crippen LogP contribution in [0.4, 0.5) is 0 Å². The van der Waals surface area contributed by atoms with Crippen molar-refractivity contribution in [3.63, 3.8) is 0 Å². The number of aromatic nitrogens is 1. The first-order valence-electron chi connectivity index (χ1n) is 6.70. The summed E-state index contributed by atoms with van der Waals surface area (Å²) >= 11 is 2.54. The molecule has 1 aromatic heterocycles. The Morgan fingerprint density at radius 2 is 2.09 bits per heavy atom. The number of ether oxygens (including phenoxy) is 1. The monoisotopic (exact) mass is 344 g/mol. The van der Waals surface area contributed by atoms with E-state index in [9.17, 15) is 9.59 Å².